The van der Waals surface area contributed by atoms with Crippen molar-refractivity contribution in [2.45, 2.75) is 38.8 Å². The minimum absolute atomic E-state index is 0.00682. The third-order valence-corrected chi connectivity index (χ3v) is 6.13. The minimum Gasteiger partial charge on any atom is -0.455 e. The largest absolute Gasteiger partial charge is 0.455 e. The van der Waals surface area contributed by atoms with Crippen molar-refractivity contribution in [3.8, 4) is 0 Å². The second-order valence-electron chi connectivity index (χ2n) is 8.42. The second kappa shape index (κ2) is 8.91. The first-order chi connectivity index (χ1) is 15.2. The highest BCUT2D eigenvalue weighted by atomic mass is 19.4. The summed E-state index contributed by atoms with van der Waals surface area (Å²) in [6.07, 6.45) is -1.83. The Morgan fingerprint density at radius 3 is 2.41 bits per heavy atom. The van der Waals surface area contributed by atoms with Crippen molar-refractivity contribution in [3.05, 3.63) is 18.0 Å². The number of aromatic nitrogens is 4. The summed E-state index contributed by atoms with van der Waals surface area (Å²) in [6, 6.07) is 3.01. The van der Waals surface area contributed by atoms with Gasteiger partial charge >= 0.3 is 12.1 Å². The Balaban J connectivity index is 1.30. The smallest absolute Gasteiger partial charge is 0.453 e. The number of rotatable bonds is 4. The van der Waals surface area contributed by atoms with Crippen LogP contribution in [0.3, 0.4) is 0 Å². The minimum atomic E-state index is -4.66. The van der Waals surface area contributed by atoms with E-state index in [1.807, 2.05) is 4.90 Å². The Morgan fingerprint density at radius 1 is 1.06 bits per heavy atom. The molecule has 0 aromatic carbocycles. The number of fused-ring (bicyclic) bond motifs is 1. The van der Waals surface area contributed by atoms with Crippen LogP contribution < -0.4 is 4.90 Å². The van der Waals surface area contributed by atoms with Gasteiger partial charge in [-0.2, -0.15) is 17.7 Å². The Morgan fingerprint density at radius 2 is 1.75 bits per heavy atom. The van der Waals surface area contributed by atoms with E-state index in [9.17, 15) is 22.8 Å². The van der Waals surface area contributed by atoms with E-state index in [0.29, 0.717) is 55.3 Å². The number of nitrogens with zero attached hydrogens (tertiary/aromatic N) is 6. The van der Waals surface area contributed by atoms with Crippen LogP contribution in [-0.2, 0) is 20.5 Å². The standard InChI is InChI=1S/C20H25F3N6O3/c1-13-4-8-28(9-5-13)17(30)12-32-18(31)14-6-10-27(11-7-14)16-3-2-15-24-25-19(20(21,22)23)29(15)26-16/h2-3,13-14H,4-12H2,1H3. The van der Waals surface area contributed by atoms with E-state index in [1.165, 1.54) is 6.07 Å². The van der Waals surface area contributed by atoms with Crippen molar-refractivity contribution in [1.29, 1.82) is 0 Å². The zero-order valence-corrected chi connectivity index (χ0v) is 17.7. The summed E-state index contributed by atoms with van der Waals surface area (Å²) >= 11 is 0. The van der Waals surface area contributed by atoms with E-state index in [-0.39, 0.29) is 24.1 Å². The Hall–Kier alpha value is -2.92. The predicted molar refractivity (Wildman–Crippen MR) is 107 cm³/mol. The summed E-state index contributed by atoms with van der Waals surface area (Å²) in [6.45, 7) is 4.15. The van der Waals surface area contributed by atoms with Gasteiger partial charge in [0.05, 0.1) is 5.92 Å². The molecule has 0 saturated carbocycles. The number of halogens is 3. The van der Waals surface area contributed by atoms with Crippen LogP contribution in [0, 0.1) is 11.8 Å². The molecule has 32 heavy (non-hydrogen) atoms. The normalized spacial score (nSPS) is 18.9. The number of hydrogen-bond donors (Lipinski definition) is 0. The zero-order chi connectivity index (χ0) is 22.9. The fourth-order valence-corrected chi connectivity index (χ4v) is 4.07. The van der Waals surface area contributed by atoms with Crippen LogP contribution in [0.2, 0.25) is 0 Å². The monoisotopic (exact) mass is 454 g/mol. The Bertz CT molecular complexity index is 979. The van der Waals surface area contributed by atoms with Crippen LogP contribution in [0.5, 0.6) is 0 Å². The lowest BCUT2D eigenvalue weighted by molar-refractivity contribution is -0.156. The lowest BCUT2D eigenvalue weighted by atomic mass is 9.97. The third-order valence-electron chi connectivity index (χ3n) is 6.13. The molecular formula is C20H25F3N6O3. The van der Waals surface area contributed by atoms with Gasteiger partial charge in [0.15, 0.2) is 12.3 Å². The molecule has 0 bridgehead atoms. The molecule has 0 aliphatic carbocycles. The number of hydrogen-bond acceptors (Lipinski definition) is 7. The molecule has 174 valence electrons. The van der Waals surface area contributed by atoms with E-state index >= 15 is 0 Å². The van der Waals surface area contributed by atoms with Crippen molar-refractivity contribution in [2.75, 3.05) is 37.7 Å². The topological polar surface area (TPSA) is 92.9 Å². The number of ether oxygens (including phenoxy) is 1. The molecule has 4 rings (SSSR count). The quantitative estimate of drug-likeness (QED) is 0.654. The lowest BCUT2D eigenvalue weighted by Crippen LogP contribution is -2.41. The van der Waals surface area contributed by atoms with Crippen LogP contribution in [0.1, 0.15) is 38.4 Å². The molecule has 2 saturated heterocycles. The van der Waals surface area contributed by atoms with E-state index < -0.39 is 18.0 Å². The van der Waals surface area contributed by atoms with Gasteiger partial charge in [0, 0.05) is 26.2 Å². The van der Waals surface area contributed by atoms with Crippen LogP contribution in [0.4, 0.5) is 19.0 Å². The first-order valence-electron chi connectivity index (χ1n) is 10.7. The molecule has 2 aliphatic heterocycles. The summed E-state index contributed by atoms with van der Waals surface area (Å²) in [5.41, 5.74) is 0.00682. The molecule has 0 radical (unpaired) electrons. The highest BCUT2D eigenvalue weighted by Crippen LogP contribution is 2.29. The number of carbonyl (C=O) groups is 2. The predicted octanol–water partition coefficient (Wildman–Crippen LogP) is 2.16. The van der Waals surface area contributed by atoms with E-state index in [1.54, 1.807) is 11.0 Å². The average molecular weight is 454 g/mol. The van der Waals surface area contributed by atoms with Crippen molar-refractivity contribution < 1.29 is 27.5 Å². The number of piperidine rings is 2. The van der Waals surface area contributed by atoms with Crippen molar-refractivity contribution in [2.24, 2.45) is 11.8 Å². The SMILES string of the molecule is CC1CCN(C(=O)COC(=O)C2CCN(c3ccc4nnc(C(F)(F)F)n4n3)CC2)CC1. The third kappa shape index (κ3) is 4.78. The maximum atomic E-state index is 13.1. The molecule has 0 spiro atoms. The van der Waals surface area contributed by atoms with Gasteiger partial charge in [0.25, 0.3) is 11.7 Å². The van der Waals surface area contributed by atoms with Gasteiger partial charge in [-0.25, -0.2) is 0 Å². The van der Waals surface area contributed by atoms with Gasteiger partial charge in [-0.05, 0) is 43.7 Å². The van der Waals surface area contributed by atoms with Crippen LogP contribution in [0.25, 0.3) is 5.65 Å². The Kier molecular flexibility index (Phi) is 6.20. The number of alkyl halides is 3. The van der Waals surface area contributed by atoms with E-state index in [2.05, 4.69) is 22.2 Å². The Labute approximate surface area is 182 Å². The fourth-order valence-electron chi connectivity index (χ4n) is 4.07. The molecule has 2 aliphatic rings. The molecule has 4 heterocycles. The summed E-state index contributed by atoms with van der Waals surface area (Å²) < 4.78 is 45.2. The van der Waals surface area contributed by atoms with Gasteiger partial charge in [-0.15, -0.1) is 15.3 Å². The molecule has 0 N–H and O–H groups in total. The summed E-state index contributed by atoms with van der Waals surface area (Å²) in [7, 11) is 0. The van der Waals surface area contributed by atoms with Gasteiger partial charge in [-0.3, -0.25) is 9.59 Å². The highest BCUT2D eigenvalue weighted by molar-refractivity contribution is 5.81. The highest BCUT2D eigenvalue weighted by Gasteiger charge is 2.38. The molecule has 0 atom stereocenters. The molecule has 2 fully saturated rings. The summed E-state index contributed by atoms with van der Waals surface area (Å²) in [4.78, 5) is 28.2. The zero-order valence-electron chi connectivity index (χ0n) is 17.7. The average Bonchev–Trinajstić information content (AvgIpc) is 3.22. The first kappa shape index (κ1) is 22.3. The maximum Gasteiger partial charge on any atom is 0.453 e. The van der Waals surface area contributed by atoms with Crippen molar-refractivity contribution in [1.82, 2.24) is 24.7 Å². The van der Waals surface area contributed by atoms with Crippen LogP contribution >= 0.6 is 0 Å². The molecular weight excluding hydrogens is 429 g/mol. The molecule has 2 aromatic rings. The first-order valence-corrected chi connectivity index (χ1v) is 10.7. The molecule has 1 amide bonds. The lowest BCUT2D eigenvalue weighted by Gasteiger charge is -2.32. The van der Waals surface area contributed by atoms with Crippen LogP contribution in [0.15, 0.2) is 12.1 Å². The van der Waals surface area contributed by atoms with Gasteiger partial charge in [-0.1, -0.05) is 6.92 Å². The van der Waals surface area contributed by atoms with Gasteiger partial charge in [0.2, 0.25) is 0 Å². The molecule has 9 nitrogen and oxygen atoms in total. The maximum absolute atomic E-state index is 13.1. The molecule has 0 unspecified atom stereocenters. The number of carbonyl (C=O) groups excluding carboxylic acids is 2. The van der Waals surface area contributed by atoms with Crippen molar-refractivity contribution >= 4 is 23.3 Å². The number of anilines is 1. The van der Waals surface area contributed by atoms with E-state index in [0.717, 1.165) is 12.8 Å². The summed E-state index contributed by atoms with van der Waals surface area (Å²) in [5.74, 6) is -1.17. The van der Waals surface area contributed by atoms with E-state index in [4.69, 9.17) is 4.74 Å². The van der Waals surface area contributed by atoms with Crippen LogP contribution in [-0.4, -0.2) is 69.4 Å². The fraction of sp³-hybridized carbons (Fsp3) is 0.650. The van der Waals surface area contributed by atoms with Gasteiger partial charge < -0.3 is 14.5 Å². The number of esters is 1. The number of amides is 1. The molecule has 12 heteroatoms. The van der Waals surface area contributed by atoms with Gasteiger partial charge in [0.1, 0.15) is 5.82 Å². The number of likely N-dealkylation sites (tertiary alicyclic amines) is 1. The second-order valence-corrected chi connectivity index (χ2v) is 8.42. The molecule has 2 aromatic heterocycles. The summed E-state index contributed by atoms with van der Waals surface area (Å²) in [5, 5.41) is 10.7. The van der Waals surface area contributed by atoms with Crippen molar-refractivity contribution in [3.63, 3.8) is 0 Å².